The van der Waals surface area contributed by atoms with Crippen molar-refractivity contribution in [2.45, 2.75) is 71.0 Å². The van der Waals surface area contributed by atoms with Gasteiger partial charge in [0.05, 0.1) is 0 Å². The summed E-state index contributed by atoms with van der Waals surface area (Å²) in [5.74, 6) is 0.218. The average molecular weight is 612 g/mol. The number of amides is 2. The molecule has 2 amide bonds. The predicted molar refractivity (Wildman–Crippen MR) is 160 cm³/mol. The van der Waals surface area contributed by atoms with E-state index < -0.39 is 6.04 Å². The second-order valence-electron chi connectivity index (χ2n) is 10.4. The topological polar surface area (TPSA) is 58.6 Å². The summed E-state index contributed by atoms with van der Waals surface area (Å²) in [4.78, 5) is 29.3. The van der Waals surface area contributed by atoms with E-state index in [1.54, 1.807) is 4.90 Å². The van der Waals surface area contributed by atoms with Gasteiger partial charge >= 0.3 is 0 Å². The number of halogens is 2. The molecule has 0 unspecified atom stereocenters. The summed E-state index contributed by atoms with van der Waals surface area (Å²) < 4.78 is 6.92. The van der Waals surface area contributed by atoms with Crippen molar-refractivity contribution in [3.05, 3.63) is 98.5 Å². The Morgan fingerprint density at radius 1 is 0.974 bits per heavy atom. The van der Waals surface area contributed by atoms with E-state index in [1.807, 2.05) is 80.6 Å². The molecule has 4 rings (SSSR count). The Kier molecular flexibility index (Phi) is 10.5. The smallest absolute Gasteiger partial charge is 0.261 e. The van der Waals surface area contributed by atoms with Gasteiger partial charge in [0.15, 0.2) is 6.61 Å². The number of ether oxygens (including phenoxy) is 1. The Hall–Kier alpha value is -2.83. The average Bonchev–Trinajstić information content (AvgIpc) is 2.94. The molecule has 0 spiro atoms. The maximum atomic E-state index is 13.8. The van der Waals surface area contributed by atoms with Gasteiger partial charge in [0.2, 0.25) is 5.91 Å². The molecule has 0 radical (unpaired) electrons. The van der Waals surface area contributed by atoms with Gasteiger partial charge in [-0.05, 0) is 73.2 Å². The van der Waals surface area contributed by atoms with Gasteiger partial charge in [-0.1, -0.05) is 89.3 Å². The van der Waals surface area contributed by atoms with Gasteiger partial charge in [-0.3, -0.25) is 9.59 Å². The van der Waals surface area contributed by atoms with Crippen molar-refractivity contribution < 1.29 is 14.3 Å². The minimum absolute atomic E-state index is 0.116. The normalized spacial score (nSPS) is 14.5. The van der Waals surface area contributed by atoms with E-state index in [1.165, 1.54) is 6.42 Å². The lowest BCUT2D eigenvalue weighted by Gasteiger charge is -2.33. The number of carbonyl (C=O) groups is 2. The van der Waals surface area contributed by atoms with Gasteiger partial charge < -0.3 is 15.0 Å². The van der Waals surface area contributed by atoms with Gasteiger partial charge in [0.1, 0.15) is 11.8 Å². The van der Waals surface area contributed by atoms with Gasteiger partial charge in [-0.2, -0.15) is 0 Å². The standard InChI is InChI=1S/C32H36BrClN2O3/c1-22-17-28(18-23(2)31(22)34)39-21-30(37)36(20-25-13-15-26(33)16-14-25)29(19-24-9-5-3-6-10-24)32(38)35-27-11-7-4-8-12-27/h3,5-6,9-10,13-18,27,29H,4,7-8,11-12,19-21H2,1-2H3,(H,35,38)/t29-/m0/s1. The third-order valence-electron chi connectivity index (χ3n) is 7.26. The van der Waals surface area contributed by atoms with E-state index in [0.717, 1.165) is 52.4 Å². The van der Waals surface area contributed by atoms with Crippen LogP contribution >= 0.6 is 27.5 Å². The lowest BCUT2D eigenvalue weighted by molar-refractivity contribution is -0.143. The molecule has 206 valence electrons. The zero-order valence-corrected chi connectivity index (χ0v) is 24.9. The number of hydrogen-bond donors (Lipinski definition) is 1. The fourth-order valence-electron chi connectivity index (χ4n) is 5.10. The molecule has 0 saturated heterocycles. The molecule has 1 atom stereocenters. The van der Waals surface area contributed by atoms with E-state index in [4.69, 9.17) is 16.3 Å². The highest BCUT2D eigenvalue weighted by molar-refractivity contribution is 9.10. The molecule has 1 aliphatic carbocycles. The van der Waals surface area contributed by atoms with Gasteiger partial charge in [0, 0.05) is 28.5 Å². The molecule has 1 saturated carbocycles. The zero-order valence-electron chi connectivity index (χ0n) is 22.6. The van der Waals surface area contributed by atoms with E-state index >= 15 is 0 Å². The van der Waals surface area contributed by atoms with Crippen molar-refractivity contribution in [3.8, 4) is 5.75 Å². The van der Waals surface area contributed by atoms with Crippen molar-refractivity contribution in [1.29, 1.82) is 0 Å². The molecule has 0 bridgehead atoms. The van der Waals surface area contributed by atoms with Gasteiger partial charge in [-0.15, -0.1) is 0 Å². The Labute approximate surface area is 245 Å². The van der Waals surface area contributed by atoms with Crippen molar-refractivity contribution in [1.82, 2.24) is 10.2 Å². The molecule has 0 aromatic heterocycles. The van der Waals surface area contributed by atoms with Crippen LogP contribution in [0.5, 0.6) is 5.75 Å². The molecule has 1 aliphatic rings. The highest BCUT2D eigenvalue weighted by atomic mass is 79.9. The molecule has 5 nitrogen and oxygen atoms in total. The van der Waals surface area contributed by atoms with Gasteiger partial charge in [-0.25, -0.2) is 0 Å². The highest BCUT2D eigenvalue weighted by Crippen LogP contribution is 2.26. The third kappa shape index (κ3) is 8.33. The van der Waals surface area contributed by atoms with Crippen LogP contribution in [0.1, 0.15) is 54.4 Å². The molecule has 0 heterocycles. The molecule has 1 N–H and O–H groups in total. The quantitative estimate of drug-likeness (QED) is 0.264. The van der Waals surface area contributed by atoms with Gasteiger partial charge in [0.25, 0.3) is 5.91 Å². The first-order chi connectivity index (χ1) is 18.8. The lowest BCUT2D eigenvalue weighted by Crippen LogP contribution is -2.53. The second kappa shape index (κ2) is 14.0. The Balaban J connectivity index is 1.61. The van der Waals surface area contributed by atoms with Crippen LogP contribution in [0.25, 0.3) is 0 Å². The molecular formula is C32H36BrClN2O3. The van der Waals surface area contributed by atoms with Crippen LogP contribution in [0.15, 0.2) is 71.2 Å². The van der Waals surface area contributed by atoms with E-state index in [-0.39, 0.29) is 24.5 Å². The highest BCUT2D eigenvalue weighted by Gasteiger charge is 2.32. The van der Waals surface area contributed by atoms with Crippen LogP contribution in [0.3, 0.4) is 0 Å². The minimum Gasteiger partial charge on any atom is -0.484 e. The molecule has 3 aromatic rings. The first-order valence-electron chi connectivity index (χ1n) is 13.6. The number of benzene rings is 3. The fourth-order valence-corrected chi connectivity index (χ4v) is 5.48. The Morgan fingerprint density at radius 2 is 1.62 bits per heavy atom. The van der Waals surface area contributed by atoms with E-state index in [9.17, 15) is 9.59 Å². The van der Waals surface area contributed by atoms with Crippen LogP contribution in [0.2, 0.25) is 5.02 Å². The first-order valence-corrected chi connectivity index (χ1v) is 14.7. The van der Waals surface area contributed by atoms with Crippen LogP contribution in [-0.4, -0.2) is 35.4 Å². The molecule has 0 aliphatic heterocycles. The van der Waals surface area contributed by atoms with Crippen molar-refractivity contribution in [3.63, 3.8) is 0 Å². The summed E-state index contributed by atoms with van der Waals surface area (Å²) in [6.45, 7) is 3.94. The number of rotatable bonds is 10. The third-order valence-corrected chi connectivity index (χ3v) is 8.39. The molecule has 39 heavy (non-hydrogen) atoms. The fraction of sp³-hybridized carbons (Fsp3) is 0.375. The maximum absolute atomic E-state index is 13.8. The summed E-state index contributed by atoms with van der Waals surface area (Å²) in [6.07, 6.45) is 5.80. The van der Waals surface area contributed by atoms with Crippen LogP contribution in [-0.2, 0) is 22.6 Å². The van der Waals surface area contributed by atoms with E-state index in [0.29, 0.717) is 23.7 Å². The second-order valence-corrected chi connectivity index (χ2v) is 11.7. The number of nitrogens with one attached hydrogen (secondary N) is 1. The van der Waals surface area contributed by atoms with Crippen molar-refractivity contribution in [2.24, 2.45) is 0 Å². The summed E-state index contributed by atoms with van der Waals surface area (Å²) >= 11 is 9.80. The predicted octanol–water partition coefficient (Wildman–Crippen LogP) is 7.19. The summed E-state index contributed by atoms with van der Waals surface area (Å²) in [7, 11) is 0. The largest absolute Gasteiger partial charge is 0.484 e. The number of aryl methyl sites for hydroxylation is 2. The van der Waals surface area contributed by atoms with Crippen LogP contribution in [0.4, 0.5) is 0 Å². The number of carbonyl (C=O) groups excluding carboxylic acids is 2. The Bertz CT molecular complexity index is 1240. The van der Waals surface area contributed by atoms with Crippen molar-refractivity contribution >= 4 is 39.3 Å². The number of hydrogen-bond acceptors (Lipinski definition) is 3. The molecular weight excluding hydrogens is 576 g/mol. The first kappa shape index (κ1) is 29.2. The molecule has 3 aromatic carbocycles. The summed E-state index contributed by atoms with van der Waals surface area (Å²) in [5.41, 5.74) is 3.72. The maximum Gasteiger partial charge on any atom is 0.261 e. The Morgan fingerprint density at radius 3 is 2.26 bits per heavy atom. The SMILES string of the molecule is Cc1cc(OCC(=O)N(Cc2ccc(Br)cc2)[C@@H](Cc2ccccc2)C(=O)NC2CCCCC2)cc(C)c1Cl. The lowest BCUT2D eigenvalue weighted by atomic mass is 9.94. The van der Waals surface area contributed by atoms with Crippen LogP contribution in [0, 0.1) is 13.8 Å². The summed E-state index contributed by atoms with van der Waals surface area (Å²) in [6, 6.07) is 20.8. The van der Waals surface area contributed by atoms with Crippen molar-refractivity contribution in [2.75, 3.05) is 6.61 Å². The molecule has 1 fully saturated rings. The minimum atomic E-state index is -0.678. The van der Waals surface area contributed by atoms with E-state index in [2.05, 4.69) is 21.2 Å². The zero-order chi connectivity index (χ0) is 27.8. The summed E-state index contributed by atoms with van der Waals surface area (Å²) in [5, 5.41) is 3.96. The monoisotopic (exact) mass is 610 g/mol. The molecule has 7 heteroatoms. The van der Waals surface area contributed by atoms with Crippen LogP contribution < -0.4 is 10.1 Å². The number of nitrogens with zero attached hydrogens (tertiary/aromatic N) is 1.